The first-order chi connectivity index (χ1) is 49.8. The first-order valence-corrected chi connectivity index (χ1v) is 38.6. The Morgan fingerprint density at radius 3 is 1.32 bits per heavy atom. The van der Waals surface area contributed by atoms with Crippen LogP contribution < -0.4 is 9.47 Å². The molecule has 7 aromatic carbocycles. The van der Waals surface area contributed by atoms with Gasteiger partial charge in [0.05, 0.1) is 51.6 Å². The lowest BCUT2D eigenvalue weighted by molar-refractivity contribution is -0.384. The Balaban J connectivity index is 0.000000292. The zero-order valence-corrected chi connectivity index (χ0v) is 60.5. The van der Waals surface area contributed by atoms with E-state index in [1.54, 1.807) is 25.3 Å². The molecular formula is C77H98Cl2F2O14Si2. The van der Waals surface area contributed by atoms with E-state index >= 15 is 4.39 Å². The Morgan fingerprint density at radius 2 is 0.907 bits per heavy atom. The van der Waals surface area contributed by atoms with Crippen molar-refractivity contribution < 1.29 is 89.3 Å². The van der Waals surface area contributed by atoms with Crippen molar-refractivity contribution in [1.29, 1.82) is 0 Å². The quantitative estimate of drug-likeness (QED) is 0.0417. The number of benzene rings is 7. The molecule has 2 aliphatic heterocycles. The Labute approximate surface area is 598 Å². The van der Waals surface area contributed by atoms with E-state index in [9.17, 15) is 19.7 Å². The number of ether oxygens (including phenoxy) is 9. The molecular weight excluding hydrogens is 1310 g/mol. The molecule has 0 amide bonds. The van der Waals surface area contributed by atoms with Gasteiger partial charge in [0.1, 0.15) is 48.8 Å². The van der Waals surface area contributed by atoms with Gasteiger partial charge in [-0.15, -0.1) is 0 Å². The zero-order chi connectivity index (χ0) is 79.1. The van der Waals surface area contributed by atoms with Crippen LogP contribution in [-0.4, -0.2) is 121 Å². The summed E-state index contributed by atoms with van der Waals surface area (Å²) in [5, 5.41) is 33.1. The number of hydrogen-bond donors (Lipinski definition) is 3. The first kappa shape index (κ1) is 63.7. The maximum absolute atomic E-state index is 15.5. The van der Waals surface area contributed by atoms with Crippen LogP contribution in [0.1, 0.15) is 119 Å². The summed E-state index contributed by atoms with van der Waals surface area (Å²) >= 11 is 13.4. The molecule has 526 valence electrons. The van der Waals surface area contributed by atoms with E-state index in [2.05, 4.69) is 54.6 Å². The number of aliphatic hydroxyl groups excluding tert-OH is 3. The molecule has 10 atom stereocenters. The molecule has 97 heavy (non-hydrogen) atoms. The summed E-state index contributed by atoms with van der Waals surface area (Å²) in [5.41, 5.74) is 5.56. The summed E-state index contributed by atoms with van der Waals surface area (Å²) in [4.78, 5) is 0. The molecule has 0 unspecified atom stereocenters. The molecule has 0 bridgehead atoms. The highest BCUT2D eigenvalue weighted by Crippen LogP contribution is 2.47. The Hall–Kier alpha value is -5.47. The Morgan fingerprint density at radius 1 is 0.505 bits per heavy atom. The first-order valence-electron chi connectivity index (χ1n) is 37.1. The van der Waals surface area contributed by atoms with Crippen molar-refractivity contribution in [2.45, 2.75) is 185 Å². The van der Waals surface area contributed by atoms with Crippen LogP contribution in [0.3, 0.4) is 0 Å². The Bertz CT molecular complexity index is 4050. The van der Waals surface area contributed by atoms with Crippen LogP contribution in [0, 0.1) is 11.6 Å². The molecule has 7 aromatic rings. The van der Waals surface area contributed by atoms with Gasteiger partial charge in [-0.3, -0.25) is 0 Å². The third kappa shape index (κ3) is 18.9. The molecule has 3 N–H and O–H groups in total. The van der Waals surface area contributed by atoms with Crippen LogP contribution in [0.4, 0.5) is 8.78 Å². The Kier molecular flexibility index (Phi) is 22.2. The van der Waals surface area contributed by atoms with Gasteiger partial charge in [0.2, 0.25) is 11.6 Å². The average Bonchev–Trinajstić information content (AvgIpc) is 0.736. The van der Waals surface area contributed by atoms with Crippen LogP contribution in [0.2, 0.25) is 46.3 Å². The predicted molar refractivity (Wildman–Crippen MR) is 380 cm³/mol. The topological polar surface area (TPSA) is 162 Å². The van der Waals surface area contributed by atoms with Crippen molar-refractivity contribution >= 4 is 39.8 Å². The monoisotopic (exact) mass is 1420 g/mol. The van der Waals surface area contributed by atoms with Gasteiger partial charge in [-0.2, -0.15) is 0 Å². The van der Waals surface area contributed by atoms with E-state index in [4.69, 9.17) is 88.4 Å². The van der Waals surface area contributed by atoms with Crippen LogP contribution in [0.5, 0.6) is 11.5 Å². The zero-order valence-electron chi connectivity index (χ0n) is 67.0. The van der Waals surface area contributed by atoms with Crippen LogP contribution in [0.25, 0.3) is 0 Å². The lowest BCUT2D eigenvalue weighted by Gasteiger charge is -2.52. The lowest BCUT2D eigenvalue weighted by atomic mass is 9.86. The third-order valence-electron chi connectivity index (χ3n) is 18.7. The molecule has 20 heteroatoms. The smallest absolute Gasteiger partial charge is 0.225 e. The largest absolute Gasteiger partial charge is 0.491 e. The fourth-order valence-corrected chi connectivity index (χ4v) is 13.4. The number of rotatable bonds is 27. The van der Waals surface area contributed by atoms with Crippen molar-refractivity contribution in [3.8, 4) is 11.5 Å². The molecule has 2 aliphatic rings. The summed E-state index contributed by atoms with van der Waals surface area (Å²) in [6, 6.07) is 47.1. The van der Waals surface area contributed by atoms with E-state index in [1.165, 1.54) is 37.4 Å². The van der Waals surface area contributed by atoms with Crippen molar-refractivity contribution in [2.24, 2.45) is 0 Å². The van der Waals surface area contributed by atoms with Crippen LogP contribution >= 0.6 is 23.2 Å². The molecule has 2 saturated heterocycles. The van der Waals surface area contributed by atoms with Gasteiger partial charge in [-0.25, -0.2) is 8.78 Å². The highest BCUT2D eigenvalue weighted by atomic mass is 35.5. The third-order valence-corrected chi connectivity index (χ3v) is 28.5. The molecule has 14 nitrogen and oxygen atoms in total. The minimum absolute atomic E-state index is 0.0552. The van der Waals surface area contributed by atoms with Crippen molar-refractivity contribution in [2.75, 3.05) is 40.6 Å². The standard InChI is InChI=1S/C49H58ClFO7Si.C28H40ClFO7Si/c1-8-53-43-27-24-38(29-42(43)51)28-39-30-40(25-26-41(39)50)49(52-5)47(56-33-37-22-16-11-17-23-37)46(55-32-36-20-14-10-15-21-36)45(54-31-35-18-12-9-13-19-35)44(58-49)34-57-59(6,7)48(2,3)4;1-8-35-22-12-9-17(14-21(22)30)13-18-15-19(10-11-20(18)29)28(34-5)26(33)25(32)24(31)23(37-28)16-36-38(6,7)27(2,3)4/h9-27,29-30,44-47H,8,28,31-34H2,1-7H3;9-12,14-15,23-26,31-33H,8,13,16H2,1-7H3/t44-,45-,46+,47-,49+;23-,24-,25+,26-,28+/m11/s1/i2*1D3,8D2. The van der Waals surface area contributed by atoms with Crippen molar-refractivity contribution in [3.05, 3.63) is 236 Å². The number of halogens is 4. The predicted octanol–water partition coefficient (Wildman–Crippen LogP) is 16.2. The van der Waals surface area contributed by atoms with E-state index in [1.807, 2.05) is 116 Å². The van der Waals surface area contributed by atoms with Gasteiger partial charge in [0.15, 0.2) is 39.8 Å². The SMILES string of the molecule is [2H]C([2H])([2H])C([2H])([2H])Oc1ccc(Cc2cc([C@]3(OC)O[C@H](CO[Si](C)(C)C(C)(C)C)[C@@H](O)[C@H](O)[C@H]3O)ccc2Cl)cc1F.[2H]C([2H])([2H])C([2H])([2H])Oc1ccc(Cc2cc([C@]3(OC)O[C@H](CO[Si](C)(C)C(C)(C)C)[C@@H](OCc4ccccc4)[C@H](OCc4ccccc4)[C@H]3OCc3ccccc3)ccc2Cl)cc1F. The minimum Gasteiger partial charge on any atom is -0.491 e. The summed E-state index contributed by atoms with van der Waals surface area (Å²) in [7, 11) is -1.77. The second-order valence-electron chi connectivity index (χ2n) is 27.3. The second-order valence-corrected chi connectivity index (χ2v) is 37.7. The van der Waals surface area contributed by atoms with E-state index < -0.39 is 127 Å². The molecule has 0 spiro atoms. The molecule has 0 aromatic heterocycles. The van der Waals surface area contributed by atoms with Crippen LogP contribution in [0.15, 0.2) is 164 Å². The summed E-state index contributed by atoms with van der Waals surface area (Å²) in [6.07, 6.45) is -8.88. The number of hydrogen-bond acceptors (Lipinski definition) is 14. The maximum atomic E-state index is 15.5. The van der Waals surface area contributed by atoms with Crippen molar-refractivity contribution in [1.82, 2.24) is 0 Å². The van der Waals surface area contributed by atoms with E-state index in [-0.39, 0.29) is 66.5 Å². The fourth-order valence-electron chi connectivity index (χ4n) is 11.0. The van der Waals surface area contributed by atoms with Gasteiger partial charge in [0, 0.05) is 43.6 Å². The van der Waals surface area contributed by atoms with E-state index in [0.29, 0.717) is 32.8 Å². The molecule has 2 fully saturated rings. The highest BCUT2D eigenvalue weighted by Gasteiger charge is 2.60. The summed E-state index contributed by atoms with van der Waals surface area (Å²) in [5.74, 6) is -6.56. The fraction of sp³-hybridized carbons (Fsp3) is 0.455. The highest BCUT2D eigenvalue weighted by molar-refractivity contribution is 6.74. The second kappa shape index (κ2) is 33.8. The van der Waals surface area contributed by atoms with Gasteiger partial charge in [0.25, 0.3) is 0 Å². The van der Waals surface area contributed by atoms with Gasteiger partial charge in [-0.05, 0) is 150 Å². The van der Waals surface area contributed by atoms with Gasteiger partial charge in [-0.1, -0.05) is 180 Å². The average molecular weight is 1420 g/mol. The molecule has 0 radical (unpaired) electrons. The van der Waals surface area contributed by atoms with Gasteiger partial charge >= 0.3 is 0 Å². The van der Waals surface area contributed by atoms with Gasteiger partial charge < -0.3 is 66.8 Å². The van der Waals surface area contributed by atoms with Crippen LogP contribution in [-0.2, 0) is 86.2 Å². The summed E-state index contributed by atoms with van der Waals surface area (Å²) in [6.45, 7) is 9.45. The molecule has 2 heterocycles. The molecule has 0 saturated carbocycles. The molecule has 9 rings (SSSR count). The summed E-state index contributed by atoms with van der Waals surface area (Å²) < 4.78 is 175. The number of methoxy groups -OCH3 is 2. The van der Waals surface area contributed by atoms with E-state index in [0.717, 1.165) is 28.8 Å². The minimum atomic E-state index is -3.14. The normalized spacial score (nSPS) is 25.2. The molecule has 0 aliphatic carbocycles. The van der Waals surface area contributed by atoms with Crippen molar-refractivity contribution in [3.63, 3.8) is 0 Å². The maximum Gasteiger partial charge on any atom is 0.225 e. The lowest BCUT2D eigenvalue weighted by Crippen LogP contribution is -2.66. The number of aliphatic hydroxyl groups is 3.